The minimum Gasteiger partial charge on any atom is -0.399 e. The number of nitrogen functional groups attached to an aromatic ring is 1. The summed E-state index contributed by atoms with van der Waals surface area (Å²) in [5.41, 5.74) is 6.77. The van der Waals surface area contributed by atoms with E-state index in [0.29, 0.717) is 23.1 Å². The van der Waals surface area contributed by atoms with Gasteiger partial charge in [0.25, 0.3) is 0 Å². The number of hydrogen-bond donors (Lipinski definition) is 1. The maximum atomic E-state index is 13.6. The lowest BCUT2D eigenvalue weighted by Gasteiger charge is -2.09. The number of nitrogens with two attached hydrogens (primary N) is 1. The monoisotopic (exact) mass is 262 g/mol. The summed E-state index contributed by atoms with van der Waals surface area (Å²) in [5, 5.41) is 0.547. The molecule has 2 N–H and O–H groups in total. The smallest absolute Gasteiger partial charge is 0.231 e. The number of nitrogens with zero attached hydrogens (tertiary/aromatic N) is 1. The summed E-state index contributed by atoms with van der Waals surface area (Å²) >= 11 is 0. The van der Waals surface area contributed by atoms with Gasteiger partial charge in [-0.15, -0.1) is 6.42 Å². The molecule has 0 bridgehead atoms. The molecule has 0 aliphatic heterocycles. The zero-order valence-electron chi connectivity index (χ0n) is 11.2. The average Bonchev–Trinajstić information content (AvgIpc) is 2.41. The molecular formula is C15H16F2N2. The third kappa shape index (κ3) is 2.65. The second-order valence-electron chi connectivity index (χ2n) is 3.67. The van der Waals surface area contributed by atoms with Crippen LogP contribution in [0.25, 0.3) is 10.8 Å². The molecule has 1 aromatic heterocycles. The zero-order valence-corrected chi connectivity index (χ0v) is 11.2. The summed E-state index contributed by atoms with van der Waals surface area (Å²) in [4.78, 5) is 3.16. The molecule has 0 saturated heterocycles. The highest BCUT2D eigenvalue weighted by molar-refractivity contribution is 5.93. The van der Waals surface area contributed by atoms with Crippen LogP contribution in [0.5, 0.6) is 0 Å². The third-order valence-corrected chi connectivity index (χ3v) is 2.64. The first kappa shape index (κ1) is 14.9. The van der Waals surface area contributed by atoms with Gasteiger partial charge >= 0.3 is 0 Å². The Hall–Kier alpha value is -2.15. The first-order valence-corrected chi connectivity index (χ1v) is 6.12. The summed E-state index contributed by atoms with van der Waals surface area (Å²) in [6.07, 6.45) is 5.83. The zero-order chi connectivity index (χ0) is 14.6. The van der Waals surface area contributed by atoms with Crippen LogP contribution < -0.4 is 5.73 Å². The average molecular weight is 262 g/mol. The Kier molecular flexibility index (Phi) is 4.82. The summed E-state index contributed by atoms with van der Waals surface area (Å²) < 4.78 is 27.1. The Morgan fingerprint density at radius 1 is 1.26 bits per heavy atom. The predicted octanol–water partition coefficient (Wildman–Crippen LogP) is 3.67. The number of rotatable bonds is 1. The minimum atomic E-state index is -0.961. The molecule has 100 valence electrons. The normalized spacial score (nSPS) is 9.68. The van der Waals surface area contributed by atoms with Crippen LogP contribution in [0.4, 0.5) is 14.5 Å². The molecule has 2 aromatic rings. The van der Waals surface area contributed by atoms with Gasteiger partial charge in [-0.1, -0.05) is 26.7 Å². The number of halogens is 2. The van der Waals surface area contributed by atoms with Crippen LogP contribution in [-0.4, -0.2) is 4.98 Å². The summed E-state index contributed by atoms with van der Waals surface area (Å²) in [7, 11) is 0. The molecule has 19 heavy (non-hydrogen) atoms. The fourth-order valence-corrected chi connectivity index (χ4v) is 1.90. The molecule has 1 heterocycles. The van der Waals surface area contributed by atoms with Gasteiger partial charge in [-0.2, -0.15) is 13.8 Å². The largest absolute Gasteiger partial charge is 0.399 e. The van der Waals surface area contributed by atoms with Crippen molar-refractivity contribution in [3.05, 3.63) is 35.2 Å². The third-order valence-electron chi connectivity index (χ3n) is 2.64. The van der Waals surface area contributed by atoms with Crippen molar-refractivity contribution in [3.63, 3.8) is 0 Å². The number of anilines is 1. The van der Waals surface area contributed by atoms with Crippen molar-refractivity contribution >= 4 is 16.5 Å². The Labute approximate surface area is 111 Å². The van der Waals surface area contributed by atoms with Gasteiger partial charge in [0.2, 0.25) is 11.9 Å². The molecule has 0 aliphatic rings. The van der Waals surface area contributed by atoms with E-state index in [2.05, 4.69) is 10.9 Å². The molecule has 2 rings (SSSR count). The Morgan fingerprint density at radius 3 is 2.42 bits per heavy atom. The van der Waals surface area contributed by atoms with E-state index < -0.39 is 11.9 Å². The molecule has 0 aliphatic carbocycles. The number of aryl methyl sites for hydroxylation is 1. The number of terminal acetylenes is 1. The van der Waals surface area contributed by atoms with Crippen LogP contribution in [0.15, 0.2) is 12.1 Å². The van der Waals surface area contributed by atoms with Crippen molar-refractivity contribution < 1.29 is 8.78 Å². The second-order valence-corrected chi connectivity index (χ2v) is 3.67. The predicted molar refractivity (Wildman–Crippen MR) is 74.7 cm³/mol. The maximum absolute atomic E-state index is 13.6. The summed E-state index contributed by atoms with van der Waals surface area (Å²) in [5.74, 6) is 0.363. The Balaban J connectivity index is 0.000000861. The fourth-order valence-electron chi connectivity index (χ4n) is 1.90. The SMILES string of the molecule is C#Cc1c(F)nc(F)c2cc(N)cc(CC)c12.CC. The number of pyridine rings is 1. The van der Waals surface area contributed by atoms with Crippen molar-refractivity contribution in [1.82, 2.24) is 4.98 Å². The van der Waals surface area contributed by atoms with Crippen molar-refractivity contribution in [2.24, 2.45) is 0 Å². The molecule has 4 heteroatoms. The van der Waals surface area contributed by atoms with Crippen LogP contribution in [0, 0.1) is 24.2 Å². The highest BCUT2D eigenvalue weighted by Crippen LogP contribution is 2.28. The molecule has 0 atom stereocenters. The molecule has 0 unspecified atom stereocenters. The fraction of sp³-hybridized carbons (Fsp3) is 0.267. The van der Waals surface area contributed by atoms with E-state index in [1.54, 1.807) is 6.07 Å². The van der Waals surface area contributed by atoms with Crippen LogP contribution in [-0.2, 0) is 6.42 Å². The molecule has 0 radical (unpaired) electrons. The second kappa shape index (κ2) is 6.14. The molecule has 1 aromatic carbocycles. The first-order valence-electron chi connectivity index (χ1n) is 6.12. The minimum absolute atomic E-state index is 0.0155. The number of benzene rings is 1. The van der Waals surface area contributed by atoms with Crippen LogP contribution in [0.3, 0.4) is 0 Å². The number of aromatic nitrogens is 1. The molecular weight excluding hydrogens is 246 g/mol. The van der Waals surface area contributed by atoms with Gasteiger partial charge < -0.3 is 5.73 Å². The number of fused-ring (bicyclic) bond motifs is 1. The van der Waals surface area contributed by atoms with Crippen LogP contribution in [0.1, 0.15) is 31.9 Å². The number of hydrogen-bond acceptors (Lipinski definition) is 2. The van der Waals surface area contributed by atoms with Gasteiger partial charge in [-0.3, -0.25) is 0 Å². The van der Waals surface area contributed by atoms with E-state index in [9.17, 15) is 8.78 Å². The Morgan fingerprint density at radius 2 is 1.89 bits per heavy atom. The topological polar surface area (TPSA) is 38.9 Å². The van der Waals surface area contributed by atoms with E-state index in [-0.39, 0.29) is 10.9 Å². The summed E-state index contributed by atoms with van der Waals surface area (Å²) in [6.45, 7) is 5.87. The van der Waals surface area contributed by atoms with Gasteiger partial charge in [0, 0.05) is 16.5 Å². The van der Waals surface area contributed by atoms with E-state index in [1.807, 2.05) is 20.8 Å². The standard InChI is InChI=1S/C13H10F2N2.C2H6/c1-3-7-5-8(16)6-10-11(7)9(4-2)12(14)17-13(10)15;1-2/h2,5-6H,3,16H2,1H3;1-2H3. The van der Waals surface area contributed by atoms with Gasteiger partial charge in [-0.05, 0) is 24.1 Å². The lowest BCUT2D eigenvalue weighted by molar-refractivity contribution is 0.520. The Bertz CT molecular complexity index is 643. The van der Waals surface area contributed by atoms with Crippen molar-refractivity contribution in [2.75, 3.05) is 5.73 Å². The van der Waals surface area contributed by atoms with Gasteiger partial charge in [0.15, 0.2) is 0 Å². The van der Waals surface area contributed by atoms with Crippen molar-refractivity contribution in [2.45, 2.75) is 27.2 Å². The van der Waals surface area contributed by atoms with Crippen LogP contribution in [0.2, 0.25) is 0 Å². The van der Waals surface area contributed by atoms with Crippen molar-refractivity contribution in [3.8, 4) is 12.3 Å². The molecule has 2 nitrogen and oxygen atoms in total. The lowest BCUT2D eigenvalue weighted by atomic mass is 9.99. The lowest BCUT2D eigenvalue weighted by Crippen LogP contribution is -2.00. The van der Waals surface area contributed by atoms with Crippen molar-refractivity contribution in [1.29, 1.82) is 0 Å². The van der Waals surface area contributed by atoms with E-state index in [0.717, 1.165) is 0 Å². The quantitative estimate of drug-likeness (QED) is 0.484. The molecule has 0 amide bonds. The first-order chi connectivity index (χ1) is 9.08. The highest BCUT2D eigenvalue weighted by Gasteiger charge is 2.15. The maximum Gasteiger partial charge on any atom is 0.231 e. The van der Waals surface area contributed by atoms with Gasteiger partial charge in [0.05, 0.1) is 5.56 Å². The van der Waals surface area contributed by atoms with Gasteiger partial charge in [0.1, 0.15) is 0 Å². The summed E-state index contributed by atoms with van der Waals surface area (Å²) in [6, 6.07) is 3.08. The van der Waals surface area contributed by atoms with E-state index >= 15 is 0 Å². The molecule has 0 saturated carbocycles. The molecule has 0 fully saturated rings. The highest BCUT2D eigenvalue weighted by atomic mass is 19.1. The van der Waals surface area contributed by atoms with E-state index in [4.69, 9.17) is 12.2 Å². The van der Waals surface area contributed by atoms with E-state index in [1.165, 1.54) is 6.07 Å². The van der Waals surface area contributed by atoms with Crippen LogP contribution >= 0.6 is 0 Å². The molecule has 0 spiro atoms. The van der Waals surface area contributed by atoms with Gasteiger partial charge in [-0.25, -0.2) is 0 Å².